The lowest BCUT2D eigenvalue weighted by Crippen LogP contribution is -2.46. The van der Waals surface area contributed by atoms with Crippen LogP contribution in [-0.4, -0.2) is 25.2 Å². The van der Waals surface area contributed by atoms with Crippen molar-refractivity contribution in [2.45, 2.75) is 26.8 Å². The zero-order chi connectivity index (χ0) is 15.3. The molecule has 0 heterocycles. The van der Waals surface area contributed by atoms with Crippen LogP contribution in [0.2, 0.25) is 5.02 Å². The molecule has 20 heavy (non-hydrogen) atoms. The third-order valence-corrected chi connectivity index (χ3v) is 3.25. The van der Waals surface area contributed by atoms with Crippen molar-refractivity contribution in [1.82, 2.24) is 5.32 Å². The molecule has 1 aromatic rings. The first-order valence-electron chi connectivity index (χ1n) is 6.26. The van der Waals surface area contributed by atoms with Gasteiger partial charge in [-0.25, -0.2) is 9.59 Å². The molecule has 0 aliphatic heterocycles. The third kappa shape index (κ3) is 4.42. The Morgan fingerprint density at radius 2 is 1.95 bits per heavy atom. The van der Waals surface area contributed by atoms with Crippen LogP contribution in [0, 0.1) is 12.8 Å². The smallest absolute Gasteiger partial charge is 0.328 e. The monoisotopic (exact) mass is 298 g/mol. The molecular formula is C14H19ClN2O3. The highest BCUT2D eigenvalue weighted by Crippen LogP contribution is 2.19. The predicted octanol–water partition coefficient (Wildman–Crippen LogP) is 2.97. The summed E-state index contributed by atoms with van der Waals surface area (Å²) >= 11 is 5.98. The number of benzene rings is 1. The van der Waals surface area contributed by atoms with Crippen molar-refractivity contribution in [3.8, 4) is 0 Å². The zero-order valence-electron chi connectivity index (χ0n) is 12.0. The van der Waals surface area contributed by atoms with E-state index >= 15 is 0 Å². The molecule has 1 atom stereocenters. The molecule has 6 heteroatoms. The minimum atomic E-state index is -0.694. The lowest BCUT2D eigenvalue weighted by Gasteiger charge is -2.20. The summed E-state index contributed by atoms with van der Waals surface area (Å²) in [7, 11) is 1.29. The number of rotatable bonds is 4. The van der Waals surface area contributed by atoms with Gasteiger partial charge in [-0.2, -0.15) is 0 Å². The van der Waals surface area contributed by atoms with Crippen molar-refractivity contribution in [1.29, 1.82) is 0 Å². The third-order valence-electron chi connectivity index (χ3n) is 2.84. The van der Waals surface area contributed by atoms with Crippen LogP contribution in [0.4, 0.5) is 10.5 Å². The number of halogens is 1. The molecule has 0 bridgehead atoms. The molecule has 110 valence electrons. The lowest BCUT2D eigenvalue weighted by atomic mass is 10.1. The standard InChI is InChI=1S/C14H19ClN2O3/c1-8(2)12(13(18)20-4)17-14(19)16-10-6-5-9(3)11(15)7-10/h5-8,12H,1-4H3,(H2,16,17,19). The average molecular weight is 299 g/mol. The van der Waals surface area contributed by atoms with E-state index in [2.05, 4.69) is 15.4 Å². The largest absolute Gasteiger partial charge is 0.467 e. The fourth-order valence-electron chi connectivity index (χ4n) is 1.60. The number of carbonyl (C=O) groups excluding carboxylic acids is 2. The number of urea groups is 1. The van der Waals surface area contributed by atoms with Gasteiger partial charge < -0.3 is 15.4 Å². The Hall–Kier alpha value is -1.75. The number of aryl methyl sites for hydroxylation is 1. The van der Waals surface area contributed by atoms with Gasteiger partial charge in [-0.1, -0.05) is 31.5 Å². The molecule has 0 saturated heterocycles. The first kappa shape index (κ1) is 16.3. The number of methoxy groups -OCH3 is 1. The minimum Gasteiger partial charge on any atom is -0.467 e. The van der Waals surface area contributed by atoms with Crippen LogP contribution in [0.3, 0.4) is 0 Å². The van der Waals surface area contributed by atoms with E-state index in [-0.39, 0.29) is 5.92 Å². The maximum absolute atomic E-state index is 11.9. The number of amides is 2. The van der Waals surface area contributed by atoms with E-state index in [1.165, 1.54) is 7.11 Å². The molecule has 0 aromatic heterocycles. The Kier molecular flexibility index (Phi) is 5.82. The van der Waals surface area contributed by atoms with Crippen molar-refractivity contribution in [2.24, 2.45) is 5.92 Å². The fourth-order valence-corrected chi connectivity index (χ4v) is 1.78. The molecule has 0 aliphatic rings. The van der Waals surface area contributed by atoms with Crippen molar-refractivity contribution in [2.75, 3.05) is 12.4 Å². The van der Waals surface area contributed by atoms with E-state index in [1.54, 1.807) is 18.2 Å². The molecule has 0 spiro atoms. The summed E-state index contributed by atoms with van der Waals surface area (Å²) in [5, 5.41) is 5.78. The van der Waals surface area contributed by atoms with Gasteiger partial charge in [0.1, 0.15) is 6.04 Å². The van der Waals surface area contributed by atoms with Crippen LogP contribution >= 0.6 is 11.6 Å². The van der Waals surface area contributed by atoms with Crippen LogP contribution in [0.15, 0.2) is 18.2 Å². The van der Waals surface area contributed by atoms with Gasteiger partial charge in [0.05, 0.1) is 7.11 Å². The number of hydrogen-bond acceptors (Lipinski definition) is 3. The van der Waals surface area contributed by atoms with E-state index in [9.17, 15) is 9.59 Å². The Morgan fingerprint density at radius 1 is 1.30 bits per heavy atom. The number of nitrogens with one attached hydrogen (secondary N) is 2. The first-order valence-corrected chi connectivity index (χ1v) is 6.64. The highest BCUT2D eigenvalue weighted by molar-refractivity contribution is 6.31. The molecular weight excluding hydrogens is 280 g/mol. The summed E-state index contributed by atoms with van der Waals surface area (Å²) in [5.74, 6) is -0.549. The van der Waals surface area contributed by atoms with Gasteiger partial charge in [0.2, 0.25) is 0 Å². The maximum Gasteiger partial charge on any atom is 0.328 e. The summed E-state index contributed by atoms with van der Waals surface area (Å²) < 4.78 is 4.66. The minimum absolute atomic E-state index is 0.0743. The number of carbonyl (C=O) groups is 2. The summed E-state index contributed by atoms with van der Waals surface area (Å²) in [6, 6.07) is 4.02. The molecule has 1 aromatic carbocycles. The van der Waals surface area contributed by atoms with Crippen molar-refractivity contribution in [3.63, 3.8) is 0 Å². The first-order chi connectivity index (χ1) is 9.35. The summed E-state index contributed by atoms with van der Waals surface area (Å²) in [6.07, 6.45) is 0. The van der Waals surface area contributed by atoms with E-state index in [0.717, 1.165) is 5.56 Å². The Morgan fingerprint density at radius 3 is 2.45 bits per heavy atom. The number of esters is 1. The van der Waals surface area contributed by atoms with Gasteiger partial charge >= 0.3 is 12.0 Å². The van der Waals surface area contributed by atoms with E-state index in [1.807, 2.05) is 20.8 Å². The second-order valence-corrected chi connectivity index (χ2v) is 5.21. The molecule has 1 unspecified atom stereocenters. The van der Waals surface area contributed by atoms with Gasteiger partial charge in [0.25, 0.3) is 0 Å². The van der Waals surface area contributed by atoms with Crippen molar-refractivity contribution < 1.29 is 14.3 Å². The second kappa shape index (κ2) is 7.14. The summed E-state index contributed by atoms with van der Waals surface area (Å²) in [4.78, 5) is 23.4. The zero-order valence-corrected chi connectivity index (χ0v) is 12.7. The molecule has 0 fully saturated rings. The Bertz CT molecular complexity index is 503. The van der Waals surface area contributed by atoms with Crippen LogP contribution in [0.5, 0.6) is 0 Å². The Balaban J connectivity index is 2.70. The quantitative estimate of drug-likeness (QED) is 0.840. The van der Waals surface area contributed by atoms with Gasteiger partial charge in [0, 0.05) is 10.7 Å². The second-order valence-electron chi connectivity index (χ2n) is 4.81. The van der Waals surface area contributed by atoms with Crippen LogP contribution in [0.1, 0.15) is 19.4 Å². The predicted molar refractivity (Wildman–Crippen MR) is 79.0 cm³/mol. The van der Waals surface area contributed by atoms with Gasteiger partial charge in [-0.05, 0) is 30.5 Å². The SMILES string of the molecule is COC(=O)C(NC(=O)Nc1ccc(C)c(Cl)c1)C(C)C. The van der Waals surface area contributed by atoms with E-state index in [4.69, 9.17) is 11.6 Å². The van der Waals surface area contributed by atoms with E-state index < -0.39 is 18.0 Å². The summed E-state index contributed by atoms with van der Waals surface area (Å²) in [5.41, 5.74) is 1.48. The molecule has 5 nitrogen and oxygen atoms in total. The van der Waals surface area contributed by atoms with Gasteiger partial charge in [0.15, 0.2) is 0 Å². The maximum atomic E-state index is 11.9. The lowest BCUT2D eigenvalue weighted by molar-refractivity contribution is -0.143. The Labute approximate surface area is 123 Å². The molecule has 2 N–H and O–H groups in total. The normalized spacial score (nSPS) is 11.9. The highest BCUT2D eigenvalue weighted by Gasteiger charge is 2.24. The number of anilines is 1. The average Bonchev–Trinajstić information content (AvgIpc) is 2.39. The molecule has 2 amide bonds. The van der Waals surface area contributed by atoms with Crippen molar-refractivity contribution in [3.05, 3.63) is 28.8 Å². The molecule has 0 radical (unpaired) electrons. The van der Waals surface area contributed by atoms with Crippen LogP contribution in [0.25, 0.3) is 0 Å². The van der Waals surface area contributed by atoms with Gasteiger partial charge in [-0.15, -0.1) is 0 Å². The number of hydrogen-bond donors (Lipinski definition) is 2. The molecule has 0 saturated carbocycles. The highest BCUT2D eigenvalue weighted by atomic mass is 35.5. The van der Waals surface area contributed by atoms with Crippen molar-refractivity contribution >= 4 is 29.3 Å². The summed E-state index contributed by atoms with van der Waals surface area (Å²) in [6.45, 7) is 5.52. The topological polar surface area (TPSA) is 67.4 Å². The number of ether oxygens (including phenoxy) is 1. The fraction of sp³-hybridized carbons (Fsp3) is 0.429. The van der Waals surface area contributed by atoms with E-state index in [0.29, 0.717) is 10.7 Å². The van der Waals surface area contributed by atoms with Gasteiger partial charge in [-0.3, -0.25) is 0 Å². The molecule has 0 aliphatic carbocycles. The van der Waals surface area contributed by atoms with Crippen LogP contribution in [-0.2, 0) is 9.53 Å². The van der Waals surface area contributed by atoms with Crippen LogP contribution < -0.4 is 10.6 Å². The molecule has 1 rings (SSSR count).